The topological polar surface area (TPSA) is 103 Å². The van der Waals surface area contributed by atoms with E-state index in [0.29, 0.717) is 24.4 Å². The molecule has 0 amide bonds. The van der Waals surface area contributed by atoms with Gasteiger partial charge in [0.05, 0.1) is 12.4 Å². The van der Waals surface area contributed by atoms with Gasteiger partial charge in [-0.2, -0.15) is 0 Å². The maximum Gasteiger partial charge on any atom is 1.00 e. The van der Waals surface area contributed by atoms with Gasteiger partial charge in [-0.25, -0.2) is 9.97 Å². The molecule has 0 atom stereocenters. The van der Waals surface area contributed by atoms with Gasteiger partial charge in [-0.05, 0) is 12.1 Å². The van der Waals surface area contributed by atoms with Crippen LogP contribution in [0.3, 0.4) is 0 Å². The van der Waals surface area contributed by atoms with E-state index in [1.807, 2.05) is 0 Å². The van der Waals surface area contributed by atoms with E-state index in [4.69, 9.17) is 14.0 Å². The Labute approximate surface area is 190 Å². The molecule has 0 aliphatic heterocycles. The minimum atomic E-state index is -4.75. The minimum Gasteiger partial charge on any atom is -0.856 e. The van der Waals surface area contributed by atoms with E-state index in [9.17, 15) is 18.3 Å². The van der Waals surface area contributed by atoms with Crippen LogP contribution in [-0.4, -0.2) is 33.7 Å². The molecule has 4 rings (SSSR count). The number of hydrogen-bond acceptors (Lipinski definition) is 8. The van der Waals surface area contributed by atoms with Gasteiger partial charge in [0.15, 0.2) is 5.76 Å². The van der Waals surface area contributed by atoms with E-state index < -0.39 is 12.2 Å². The third-order valence-corrected chi connectivity index (χ3v) is 4.05. The van der Waals surface area contributed by atoms with Crippen LogP contribution >= 0.6 is 0 Å². The van der Waals surface area contributed by atoms with Crippen molar-refractivity contribution in [3.05, 3.63) is 42.7 Å². The van der Waals surface area contributed by atoms with Crippen molar-refractivity contribution in [2.75, 3.05) is 0 Å². The number of nitrogens with zero attached hydrogens (tertiary/aromatic N) is 3. The van der Waals surface area contributed by atoms with Crippen LogP contribution in [0, 0.1) is 0 Å². The number of benzene rings is 1. The first-order valence-electron chi connectivity index (χ1n) is 8.49. The average molecular weight is 431 g/mol. The van der Waals surface area contributed by atoms with Gasteiger partial charge in [0.25, 0.3) is 0 Å². The maximum absolute atomic E-state index is 12.3. The van der Waals surface area contributed by atoms with Crippen LogP contribution in [0.4, 0.5) is 13.2 Å². The van der Waals surface area contributed by atoms with Crippen LogP contribution in [-0.2, 0) is 0 Å². The second kappa shape index (κ2) is 9.11. The van der Waals surface area contributed by atoms with Crippen molar-refractivity contribution in [1.29, 1.82) is 0 Å². The van der Waals surface area contributed by atoms with E-state index >= 15 is 0 Å². The summed E-state index contributed by atoms with van der Waals surface area (Å²) in [5.74, 6) is -0.0573. The Balaban J connectivity index is 0.00000256. The van der Waals surface area contributed by atoms with E-state index in [2.05, 4.69) is 19.9 Å². The average Bonchev–Trinajstić information content (AvgIpc) is 3.06. The van der Waals surface area contributed by atoms with Crippen molar-refractivity contribution in [2.24, 2.45) is 0 Å². The summed E-state index contributed by atoms with van der Waals surface area (Å²) in [5, 5.41) is 14.3. The SMILES string of the molecule is [Na+].[O-]c1cc(-c2cnc(OC3CC(Oc4cccc(OC(F)(F)F)c4)C3)cn2)on1. The number of ether oxygens (including phenoxy) is 3. The monoisotopic (exact) mass is 431 g/mol. The molecule has 1 saturated carbocycles. The van der Waals surface area contributed by atoms with E-state index in [1.165, 1.54) is 36.7 Å². The zero-order valence-corrected chi connectivity index (χ0v) is 17.6. The first-order chi connectivity index (χ1) is 13.8. The van der Waals surface area contributed by atoms with Gasteiger partial charge in [0.1, 0.15) is 29.4 Å². The third-order valence-electron chi connectivity index (χ3n) is 4.05. The first kappa shape index (κ1) is 22.2. The molecule has 1 aliphatic carbocycles. The molecule has 0 radical (unpaired) electrons. The third kappa shape index (κ3) is 5.77. The Morgan fingerprint density at radius 2 is 1.73 bits per heavy atom. The summed E-state index contributed by atoms with van der Waals surface area (Å²) in [5.41, 5.74) is 0.350. The van der Waals surface area contributed by atoms with Gasteiger partial charge in [0.2, 0.25) is 5.88 Å². The molecule has 0 saturated heterocycles. The molecule has 0 unspecified atom stereocenters. The van der Waals surface area contributed by atoms with Gasteiger partial charge in [-0.15, -0.1) is 13.2 Å². The number of hydrogen-bond donors (Lipinski definition) is 0. The molecular formula is C18H13F3N3NaO5. The number of alkyl halides is 3. The van der Waals surface area contributed by atoms with Crippen molar-refractivity contribution in [1.82, 2.24) is 15.1 Å². The fourth-order valence-corrected chi connectivity index (χ4v) is 2.70. The van der Waals surface area contributed by atoms with Crippen molar-refractivity contribution in [3.63, 3.8) is 0 Å². The minimum absolute atomic E-state index is 0. The summed E-state index contributed by atoms with van der Waals surface area (Å²) in [4.78, 5) is 8.20. The van der Waals surface area contributed by atoms with Gasteiger partial charge >= 0.3 is 35.9 Å². The molecule has 1 aromatic carbocycles. The molecule has 12 heteroatoms. The van der Waals surface area contributed by atoms with Crippen molar-refractivity contribution < 1.29 is 66.6 Å². The number of rotatable bonds is 6. The van der Waals surface area contributed by atoms with Gasteiger partial charge in [0, 0.05) is 30.9 Å². The quantitative estimate of drug-likeness (QED) is 0.507. The summed E-state index contributed by atoms with van der Waals surface area (Å²) in [7, 11) is 0. The molecule has 1 aliphatic rings. The van der Waals surface area contributed by atoms with Gasteiger partial charge < -0.3 is 23.8 Å². The molecule has 0 N–H and O–H groups in total. The van der Waals surface area contributed by atoms with Gasteiger partial charge in [-0.1, -0.05) is 11.2 Å². The molecule has 1 fully saturated rings. The van der Waals surface area contributed by atoms with Crippen LogP contribution in [0.5, 0.6) is 23.3 Å². The van der Waals surface area contributed by atoms with E-state index in [0.717, 1.165) is 0 Å². The normalized spacial score (nSPS) is 18.1. The Hall–Kier alpha value is -2.50. The summed E-state index contributed by atoms with van der Waals surface area (Å²) in [6, 6.07) is 6.56. The molecule has 0 bridgehead atoms. The predicted molar refractivity (Wildman–Crippen MR) is 88.2 cm³/mol. The smallest absolute Gasteiger partial charge is 0.856 e. The van der Waals surface area contributed by atoms with Crippen LogP contribution < -0.4 is 48.9 Å². The van der Waals surface area contributed by atoms with Crippen molar-refractivity contribution in [3.8, 4) is 34.7 Å². The Morgan fingerprint density at radius 3 is 2.37 bits per heavy atom. The van der Waals surface area contributed by atoms with Crippen LogP contribution in [0.25, 0.3) is 11.5 Å². The zero-order valence-electron chi connectivity index (χ0n) is 15.6. The largest absolute Gasteiger partial charge is 1.00 e. The molecule has 2 aromatic heterocycles. The summed E-state index contributed by atoms with van der Waals surface area (Å²) >= 11 is 0. The Morgan fingerprint density at radius 1 is 1.00 bits per heavy atom. The van der Waals surface area contributed by atoms with E-state index in [-0.39, 0.29) is 59.0 Å². The predicted octanol–water partition coefficient (Wildman–Crippen LogP) is 0.0966. The fraction of sp³-hybridized carbons (Fsp3) is 0.278. The maximum atomic E-state index is 12.3. The molecule has 8 nitrogen and oxygen atoms in total. The Bertz CT molecular complexity index is 978. The molecule has 2 heterocycles. The van der Waals surface area contributed by atoms with Gasteiger partial charge in [-0.3, -0.25) is 0 Å². The second-order valence-electron chi connectivity index (χ2n) is 6.24. The van der Waals surface area contributed by atoms with Crippen LogP contribution in [0.2, 0.25) is 0 Å². The van der Waals surface area contributed by atoms with Crippen molar-refractivity contribution in [2.45, 2.75) is 31.4 Å². The molecule has 152 valence electrons. The first-order valence-corrected chi connectivity index (χ1v) is 8.49. The summed E-state index contributed by atoms with van der Waals surface area (Å²) in [6.07, 6.45) is -1.24. The second-order valence-corrected chi connectivity index (χ2v) is 6.24. The molecule has 30 heavy (non-hydrogen) atoms. The van der Waals surface area contributed by atoms with E-state index in [1.54, 1.807) is 6.07 Å². The summed E-state index contributed by atoms with van der Waals surface area (Å²) in [6.45, 7) is 0. The van der Waals surface area contributed by atoms with Crippen LogP contribution in [0.15, 0.2) is 47.2 Å². The molecule has 3 aromatic rings. The summed E-state index contributed by atoms with van der Waals surface area (Å²) < 4.78 is 56.8. The van der Waals surface area contributed by atoms with Crippen LogP contribution in [0.1, 0.15) is 12.8 Å². The number of halogens is 3. The fourth-order valence-electron chi connectivity index (χ4n) is 2.70. The zero-order chi connectivity index (χ0) is 20.4. The molecule has 0 spiro atoms. The van der Waals surface area contributed by atoms with Crippen molar-refractivity contribution >= 4 is 0 Å². The number of aromatic nitrogens is 3. The Kier molecular flexibility index (Phi) is 6.74. The molecular weight excluding hydrogens is 418 g/mol. The standard InChI is InChI=1S/C18H14F3N3O5.Na/c19-18(20,21)28-11-3-1-2-10(4-11)26-12-5-13(6-12)27-17-9-22-14(8-23-17)15-7-16(25)24-29-15;/h1-4,7-9,12-13H,5-6H2,(H,24,25);/q;+1/p-1.